The maximum absolute atomic E-state index is 5.41. The van der Waals surface area contributed by atoms with Crippen LogP contribution in [0.15, 0.2) is 36.4 Å². The van der Waals surface area contributed by atoms with Gasteiger partial charge < -0.3 is 9.47 Å². The number of rotatable bonds is 4. The van der Waals surface area contributed by atoms with Crippen molar-refractivity contribution in [1.82, 2.24) is 9.97 Å². The lowest BCUT2D eigenvalue weighted by Gasteiger charge is -2.08. The molecule has 1 aromatic carbocycles. The predicted octanol–water partition coefficient (Wildman–Crippen LogP) is 2.94. The van der Waals surface area contributed by atoms with Crippen LogP contribution in [0.4, 0.5) is 0 Å². The second-order valence-corrected chi connectivity index (χ2v) is 3.97. The van der Waals surface area contributed by atoms with Gasteiger partial charge in [-0.3, -0.25) is 0 Å². The molecule has 1 aromatic heterocycles. The molecule has 0 aliphatic heterocycles. The summed E-state index contributed by atoms with van der Waals surface area (Å²) in [5.41, 5.74) is 1.75. The average Bonchev–Trinajstić information content (AvgIpc) is 2.45. The number of ether oxygens (including phenoxy) is 2. The topological polar surface area (TPSA) is 44.2 Å². The Morgan fingerprint density at radius 2 is 1.84 bits per heavy atom. The highest BCUT2D eigenvalue weighted by Gasteiger charge is 2.08. The lowest BCUT2D eigenvalue weighted by Crippen LogP contribution is -1.99. The third-order valence-electron chi connectivity index (χ3n) is 2.59. The van der Waals surface area contributed by atoms with E-state index in [0.717, 1.165) is 5.56 Å². The Balaban J connectivity index is 2.42. The van der Waals surface area contributed by atoms with E-state index in [4.69, 9.17) is 9.47 Å². The maximum atomic E-state index is 5.41. The van der Waals surface area contributed by atoms with Crippen LogP contribution in [-0.4, -0.2) is 24.2 Å². The van der Waals surface area contributed by atoms with Crippen molar-refractivity contribution in [1.29, 1.82) is 0 Å². The molecule has 0 fully saturated rings. The lowest BCUT2D eigenvalue weighted by molar-refractivity contribution is 0.367. The van der Waals surface area contributed by atoms with Crippen molar-refractivity contribution in [2.45, 2.75) is 6.92 Å². The Morgan fingerprint density at radius 1 is 1.11 bits per heavy atom. The van der Waals surface area contributed by atoms with Crippen molar-refractivity contribution in [2.75, 3.05) is 14.2 Å². The van der Waals surface area contributed by atoms with Crippen molar-refractivity contribution in [3.63, 3.8) is 0 Å². The van der Waals surface area contributed by atoms with Gasteiger partial charge in [-0.25, -0.2) is 4.98 Å². The monoisotopic (exact) mass is 256 g/mol. The Labute approximate surface area is 112 Å². The fraction of sp³-hybridized carbons (Fsp3) is 0.200. The smallest absolute Gasteiger partial charge is 0.217 e. The Bertz CT molecular complexity index is 580. The quantitative estimate of drug-likeness (QED) is 0.789. The van der Waals surface area contributed by atoms with Crippen LogP contribution in [0.25, 0.3) is 11.8 Å². The first-order chi connectivity index (χ1) is 9.22. The molecule has 0 aliphatic rings. The highest BCUT2D eigenvalue weighted by Crippen LogP contribution is 2.20. The molecule has 4 heteroatoms. The Kier molecular flexibility index (Phi) is 4.13. The molecule has 2 rings (SSSR count). The van der Waals surface area contributed by atoms with Gasteiger partial charge >= 0.3 is 0 Å². The molecule has 0 saturated carbocycles. The van der Waals surface area contributed by atoms with Crippen LogP contribution in [0, 0.1) is 6.92 Å². The molecular formula is C15H16N2O2. The molecule has 0 radical (unpaired) electrons. The molecule has 0 N–H and O–H groups in total. The van der Waals surface area contributed by atoms with E-state index < -0.39 is 0 Å². The standard InChI is InChI=1S/C15H16N2O2/c1-11-16-13(10-15(17-11)19-3)14(18-2)9-12-7-5-4-6-8-12/h4-10H,1-3H3/b14-9-. The van der Waals surface area contributed by atoms with Crippen molar-refractivity contribution in [3.8, 4) is 5.88 Å². The number of aromatic nitrogens is 2. The summed E-state index contributed by atoms with van der Waals surface area (Å²) in [6.07, 6.45) is 1.93. The third kappa shape index (κ3) is 3.31. The van der Waals surface area contributed by atoms with Crippen LogP contribution in [0.1, 0.15) is 17.1 Å². The second kappa shape index (κ2) is 6.00. The number of methoxy groups -OCH3 is 2. The minimum atomic E-state index is 0.526. The van der Waals surface area contributed by atoms with Crippen molar-refractivity contribution in [2.24, 2.45) is 0 Å². The third-order valence-corrected chi connectivity index (χ3v) is 2.59. The zero-order chi connectivity index (χ0) is 13.7. The molecule has 0 atom stereocenters. The fourth-order valence-electron chi connectivity index (χ4n) is 1.71. The zero-order valence-electron chi connectivity index (χ0n) is 11.3. The number of aryl methyl sites for hydroxylation is 1. The Hall–Kier alpha value is -2.36. The summed E-state index contributed by atoms with van der Waals surface area (Å²) in [5, 5.41) is 0. The average molecular weight is 256 g/mol. The first kappa shape index (κ1) is 13.1. The van der Waals surface area contributed by atoms with Gasteiger partial charge in [-0.1, -0.05) is 30.3 Å². The van der Waals surface area contributed by atoms with Gasteiger partial charge in [-0.2, -0.15) is 4.98 Å². The van der Waals surface area contributed by atoms with E-state index in [1.165, 1.54) is 0 Å². The van der Waals surface area contributed by atoms with Gasteiger partial charge in [-0.05, 0) is 18.6 Å². The summed E-state index contributed by atoms with van der Waals surface area (Å²) in [4.78, 5) is 8.52. The molecular weight excluding hydrogens is 240 g/mol. The highest BCUT2D eigenvalue weighted by atomic mass is 16.5. The summed E-state index contributed by atoms with van der Waals surface area (Å²) >= 11 is 0. The van der Waals surface area contributed by atoms with Crippen LogP contribution in [0.5, 0.6) is 5.88 Å². The number of nitrogens with zero attached hydrogens (tertiary/aromatic N) is 2. The molecule has 0 spiro atoms. The van der Waals surface area contributed by atoms with Crippen molar-refractivity contribution >= 4 is 11.8 Å². The van der Waals surface area contributed by atoms with E-state index in [-0.39, 0.29) is 0 Å². The molecule has 1 heterocycles. The Morgan fingerprint density at radius 3 is 2.47 bits per heavy atom. The number of hydrogen-bond donors (Lipinski definition) is 0. The van der Waals surface area contributed by atoms with E-state index in [1.807, 2.05) is 43.3 Å². The zero-order valence-corrected chi connectivity index (χ0v) is 11.3. The first-order valence-electron chi connectivity index (χ1n) is 5.93. The van der Waals surface area contributed by atoms with Crippen LogP contribution in [0.3, 0.4) is 0 Å². The summed E-state index contributed by atoms with van der Waals surface area (Å²) in [5.74, 6) is 1.85. The van der Waals surface area contributed by atoms with Crippen molar-refractivity contribution < 1.29 is 9.47 Å². The van der Waals surface area contributed by atoms with E-state index in [1.54, 1.807) is 20.3 Å². The van der Waals surface area contributed by atoms with Crippen molar-refractivity contribution in [3.05, 3.63) is 53.5 Å². The minimum absolute atomic E-state index is 0.526. The van der Waals surface area contributed by atoms with Gasteiger partial charge in [0.1, 0.15) is 17.3 Å². The van der Waals surface area contributed by atoms with Gasteiger partial charge in [0.25, 0.3) is 0 Å². The van der Waals surface area contributed by atoms with Crippen LogP contribution >= 0.6 is 0 Å². The summed E-state index contributed by atoms with van der Waals surface area (Å²) in [6.45, 7) is 1.82. The second-order valence-electron chi connectivity index (χ2n) is 3.97. The molecule has 98 valence electrons. The maximum Gasteiger partial charge on any atom is 0.217 e. The normalized spacial score (nSPS) is 11.2. The van der Waals surface area contributed by atoms with Gasteiger partial charge in [-0.15, -0.1) is 0 Å². The molecule has 0 amide bonds. The van der Waals surface area contributed by atoms with Gasteiger partial charge in [0.15, 0.2) is 0 Å². The molecule has 4 nitrogen and oxygen atoms in total. The first-order valence-corrected chi connectivity index (χ1v) is 5.93. The molecule has 0 unspecified atom stereocenters. The van der Waals surface area contributed by atoms with E-state index >= 15 is 0 Å². The van der Waals surface area contributed by atoms with E-state index in [9.17, 15) is 0 Å². The predicted molar refractivity (Wildman–Crippen MR) is 74.6 cm³/mol. The molecule has 19 heavy (non-hydrogen) atoms. The summed E-state index contributed by atoms with van der Waals surface area (Å²) in [6, 6.07) is 11.7. The lowest BCUT2D eigenvalue weighted by atomic mass is 10.2. The van der Waals surface area contributed by atoms with E-state index in [2.05, 4.69) is 9.97 Å². The largest absolute Gasteiger partial charge is 0.494 e. The molecule has 0 aliphatic carbocycles. The summed E-state index contributed by atoms with van der Waals surface area (Å²) in [7, 11) is 3.21. The van der Waals surface area contributed by atoms with Gasteiger partial charge in [0.05, 0.1) is 14.2 Å². The summed E-state index contributed by atoms with van der Waals surface area (Å²) < 4.78 is 10.6. The number of hydrogen-bond acceptors (Lipinski definition) is 4. The van der Waals surface area contributed by atoms with Crippen LogP contribution < -0.4 is 4.74 Å². The minimum Gasteiger partial charge on any atom is -0.494 e. The SMILES string of the molecule is CO/C(=C\c1ccccc1)c1cc(OC)nc(C)n1. The highest BCUT2D eigenvalue weighted by molar-refractivity contribution is 5.75. The van der Waals surface area contributed by atoms with Gasteiger partial charge in [0, 0.05) is 6.07 Å². The van der Waals surface area contributed by atoms with E-state index in [0.29, 0.717) is 23.2 Å². The number of benzene rings is 1. The van der Waals surface area contributed by atoms with Gasteiger partial charge in [0.2, 0.25) is 5.88 Å². The van der Waals surface area contributed by atoms with Crippen LogP contribution in [0.2, 0.25) is 0 Å². The van der Waals surface area contributed by atoms with Crippen LogP contribution in [-0.2, 0) is 4.74 Å². The molecule has 0 bridgehead atoms. The molecule has 0 saturated heterocycles. The molecule has 2 aromatic rings. The fourth-order valence-corrected chi connectivity index (χ4v) is 1.71.